The van der Waals surface area contributed by atoms with Crippen LogP contribution >= 0.6 is 11.6 Å². The lowest BCUT2D eigenvalue weighted by atomic mass is 10.2. The number of fused-ring (bicyclic) bond motifs is 1. The van der Waals surface area contributed by atoms with Crippen LogP contribution in [0.5, 0.6) is 11.5 Å². The van der Waals surface area contributed by atoms with Gasteiger partial charge in [-0.3, -0.25) is 4.90 Å². The van der Waals surface area contributed by atoms with E-state index in [9.17, 15) is 8.42 Å². The molecule has 0 bridgehead atoms. The maximum Gasteiger partial charge on any atom is 0.243 e. The Morgan fingerprint density at radius 1 is 1.00 bits per heavy atom. The Hall–Kier alpha value is -1.87. The van der Waals surface area contributed by atoms with Crippen molar-refractivity contribution in [2.24, 2.45) is 0 Å². The van der Waals surface area contributed by atoms with Gasteiger partial charge >= 0.3 is 0 Å². The van der Waals surface area contributed by atoms with Crippen molar-refractivity contribution in [3.05, 3.63) is 47.2 Å². The van der Waals surface area contributed by atoms with Gasteiger partial charge < -0.3 is 9.47 Å². The summed E-state index contributed by atoms with van der Waals surface area (Å²) in [5.41, 5.74) is 1.07. The predicted molar refractivity (Wildman–Crippen MR) is 101 cm³/mol. The molecule has 7 nitrogen and oxygen atoms in total. The zero-order valence-electron chi connectivity index (χ0n) is 14.7. The Morgan fingerprint density at radius 2 is 1.74 bits per heavy atom. The molecule has 3 heterocycles. The van der Waals surface area contributed by atoms with Gasteiger partial charge in [0.05, 0.1) is 4.90 Å². The topological polar surface area (TPSA) is 72.0 Å². The van der Waals surface area contributed by atoms with Crippen LogP contribution in [0.25, 0.3) is 0 Å². The molecule has 27 heavy (non-hydrogen) atoms. The molecule has 1 aromatic carbocycles. The normalized spacial score (nSPS) is 18.4. The molecule has 1 saturated heterocycles. The van der Waals surface area contributed by atoms with Crippen LogP contribution in [0.1, 0.15) is 5.56 Å². The molecule has 0 N–H and O–H groups in total. The number of rotatable bonds is 4. The summed E-state index contributed by atoms with van der Waals surface area (Å²) in [5, 5.41) is 0.465. The number of aromatic nitrogens is 1. The summed E-state index contributed by atoms with van der Waals surface area (Å²) >= 11 is 5.93. The third kappa shape index (κ3) is 4.03. The minimum Gasteiger partial charge on any atom is -0.486 e. The average Bonchev–Trinajstić information content (AvgIpc) is 2.68. The molecule has 2 aliphatic heterocycles. The number of halogens is 1. The molecule has 0 saturated carbocycles. The molecular weight excluding hydrogens is 390 g/mol. The maximum absolute atomic E-state index is 13.0. The van der Waals surface area contributed by atoms with E-state index < -0.39 is 10.0 Å². The van der Waals surface area contributed by atoms with E-state index in [4.69, 9.17) is 21.1 Å². The van der Waals surface area contributed by atoms with Crippen molar-refractivity contribution in [3.8, 4) is 11.5 Å². The second-order valence-corrected chi connectivity index (χ2v) is 8.80. The van der Waals surface area contributed by atoms with Gasteiger partial charge in [0.2, 0.25) is 10.0 Å². The lowest BCUT2D eigenvalue weighted by Gasteiger charge is -2.34. The monoisotopic (exact) mass is 409 g/mol. The van der Waals surface area contributed by atoms with Gasteiger partial charge in [-0.15, -0.1) is 0 Å². The van der Waals surface area contributed by atoms with Crippen molar-refractivity contribution < 1.29 is 17.9 Å². The maximum atomic E-state index is 13.0. The smallest absolute Gasteiger partial charge is 0.243 e. The molecule has 0 amide bonds. The highest BCUT2D eigenvalue weighted by Crippen LogP contribution is 2.33. The Kier molecular flexibility index (Phi) is 5.23. The summed E-state index contributed by atoms with van der Waals surface area (Å²) in [7, 11) is -3.56. The molecular formula is C18H20ClN3O4S. The Bertz CT molecular complexity index is 930. The van der Waals surface area contributed by atoms with Crippen LogP contribution in [-0.4, -0.2) is 62.0 Å². The van der Waals surface area contributed by atoms with Crippen LogP contribution < -0.4 is 9.47 Å². The first-order valence-electron chi connectivity index (χ1n) is 8.75. The van der Waals surface area contributed by atoms with Gasteiger partial charge in [0.1, 0.15) is 18.4 Å². The summed E-state index contributed by atoms with van der Waals surface area (Å²) < 4.78 is 38.4. The first-order valence-corrected chi connectivity index (χ1v) is 10.6. The second kappa shape index (κ2) is 7.63. The number of sulfonamides is 1. The molecule has 2 aromatic rings. The van der Waals surface area contributed by atoms with Crippen molar-refractivity contribution in [2.45, 2.75) is 11.4 Å². The molecule has 0 radical (unpaired) electrons. The van der Waals surface area contributed by atoms with E-state index in [0.29, 0.717) is 56.0 Å². The molecule has 1 fully saturated rings. The van der Waals surface area contributed by atoms with Gasteiger partial charge in [0, 0.05) is 45.0 Å². The van der Waals surface area contributed by atoms with E-state index in [2.05, 4.69) is 9.88 Å². The van der Waals surface area contributed by atoms with Gasteiger partial charge in [-0.1, -0.05) is 11.6 Å². The minimum absolute atomic E-state index is 0.237. The van der Waals surface area contributed by atoms with E-state index in [1.165, 1.54) is 4.31 Å². The highest BCUT2D eigenvalue weighted by atomic mass is 35.5. The summed E-state index contributed by atoms with van der Waals surface area (Å²) in [6, 6.07) is 8.54. The van der Waals surface area contributed by atoms with Crippen molar-refractivity contribution >= 4 is 21.6 Å². The van der Waals surface area contributed by atoms with Gasteiger partial charge in [-0.2, -0.15) is 4.31 Å². The summed E-state index contributed by atoms with van der Waals surface area (Å²) in [5.74, 6) is 1.07. The number of piperazine rings is 1. The van der Waals surface area contributed by atoms with Crippen molar-refractivity contribution in [3.63, 3.8) is 0 Å². The number of ether oxygens (including phenoxy) is 2. The van der Waals surface area contributed by atoms with E-state index in [0.717, 1.165) is 12.1 Å². The predicted octanol–water partition coefficient (Wildman–Crippen LogP) is 2.01. The molecule has 4 rings (SSSR count). The molecule has 0 unspecified atom stereocenters. The van der Waals surface area contributed by atoms with E-state index >= 15 is 0 Å². The van der Waals surface area contributed by atoms with Gasteiger partial charge in [0.25, 0.3) is 0 Å². The Morgan fingerprint density at radius 3 is 2.48 bits per heavy atom. The fourth-order valence-electron chi connectivity index (χ4n) is 3.26. The van der Waals surface area contributed by atoms with Crippen LogP contribution in [0, 0.1) is 0 Å². The molecule has 0 aliphatic carbocycles. The standard InChI is InChI=1S/C18H20ClN3O4S/c19-18-11-14(3-4-20-18)13-21-5-7-22(8-6-21)27(23,24)15-1-2-16-17(12-15)26-10-9-25-16/h1-4,11-12H,5-10,13H2. The molecule has 0 spiro atoms. The summed E-state index contributed by atoms with van der Waals surface area (Å²) in [6.45, 7) is 3.82. The minimum atomic E-state index is -3.56. The van der Waals surface area contributed by atoms with Crippen molar-refractivity contribution in [2.75, 3.05) is 39.4 Å². The Balaban J connectivity index is 1.42. The van der Waals surface area contributed by atoms with Gasteiger partial charge in [0.15, 0.2) is 11.5 Å². The number of hydrogen-bond acceptors (Lipinski definition) is 6. The molecule has 144 valence electrons. The lowest BCUT2D eigenvalue weighted by molar-refractivity contribution is 0.170. The fraction of sp³-hybridized carbons (Fsp3) is 0.389. The SMILES string of the molecule is O=S(=O)(c1ccc2c(c1)OCCO2)N1CCN(Cc2ccnc(Cl)c2)CC1. The average molecular weight is 410 g/mol. The van der Waals surface area contributed by atoms with Crippen LogP contribution in [0.3, 0.4) is 0 Å². The van der Waals surface area contributed by atoms with Crippen LogP contribution in [-0.2, 0) is 16.6 Å². The number of nitrogens with zero attached hydrogens (tertiary/aromatic N) is 3. The highest BCUT2D eigenvalue weighted by Gasteiger charge is 2.29. The quantitative estimate of drug-likeness (QED) is 0.719. The number of hydrogen-bond donors (Lipinski definition) is 0. The lowest BCUT2D eigenvalue weighted by Crippen LogP contribution is -2.48. The summed E-state index contributed by atoms with van der Waals surface area (Å²) in [4.78, 5) is 6.43. The number of pyridine rings is 1. The highest BCUT2D eigenvalue weighted by molar-refractivity contribution is 7.89. The van der Waals surface area contributed by atoms with E-state index in [1.807, 2.05) is 12.1 Å². The second-order valence-electron chi connectivity index (χ2n) is 6.47. The van der Waals surface area contributed by atoms with Crippen molar-refractivity contribution in [1.29, 1.82) is 0 Å². The van der Waals surface area contributed by atoms with Gasteiger partial charge in [-0.25, -0.2) is 13.4 Å². The third-order valence-electron chi connectivity index (χ3n) is 4.68. The molecule has 9 heteroatoms. The summed E-state index contributed by atoms with van der Waals surface area (Å²) in [6.07, 6.45) is 1.68. The van der Waals surface area contributed by atoms with Crippen LogP contribution in [0.4, 0.5) is 0 Å². The molecule has 1 aromatic heterocycles. The first-order chi connectivity index (χ1) is 13.0. The first kappa shape index (κ1) is 18.5. The van der Waals surface area contributed by atoms with E-state index in [1.54, 1.807) is 24.4 Å². The molecule has 0 atom stereocenters. The number of benzene rings is 1. The van der Waals surface area contributed by atoms with E-state index in [-0.39, 0.29) is 4.90 Å². The van der Waals surface area contributed by atoms with Crippen LogP contribution in [0.2, 0.25) is 5.15 Å². The van der Waals surface area contributed by atoms with Gasteiger partial charge in [-0.05, 0) is 29.8 Å². The largest absolute Gasteiger partial charge is 0.486 e. The zero-order chi connectivity index (χ0) is 18.9. The molecule has 2 aliphatic rings. The fourth-order valence-corrected chi connectivity index (χ4v) is 4.89. The Labute approximate surface area is 163 Å². The van der Waals surface area contributed by atoms with Crippen molar-refractivity contribution in [1.82, 2.24) is 14.2 Å². The zero-order valence-corrected chi connectivity index (χ0v) is 16.2. The third-order valence-corrected chi connectivity index (χ3v) is 6.78. The van der Waals surface area contributed by atoms with Crippen LogP contribution in [0.15, 0.2) is 41.4 Å².